The topological polar surface area (TPSA) is 60.2 Å². The standard InChI is InChI=1S/C23H21N3O/c1-15-3-5-16(6-4-15)22-14-21(24)20-12-9-18(13-23(20)26-22)25-17-7-10-19(27-2)11-8-17/h3-14,25H,1-2H3,(H2,24,26). The van der Waals surface area contributed by atoms with E-state index in [-0.39, 0.29) is 0 Å². The molecule has 0 bridgehead atoms. The van der Waals surface area contributed by atoms with Gasteiger partial charge in [0.2, 0.25) is 0 Å². The van der Waals surface area contributed by atoms with E-state index in [0.717, 1.165) is 45.0 Å². The molecule has 4 aromatic rings. The maximum Gasteiger partial charge on any atom is 0.119 e. The van der Waals surface area contributed by atoms with Gasteiger partial charge in [0.25, 0.3) is 0 Å². The Kier molecular flexibility index (Phi) is 4.38. The fourth-order valence-electron chi connectivity index (χ4n) is 3.05. The second-order valence-corrected chi connectivity index (χ2v) is 6.55. The molecule has 0 unspecified atom stereocenters. The van der Waals surface area contributed by atoms with Crippen molar-refractivity contribution in [3.63, 3.8) is 0 Å². The summed E-state index contributed by atoms with van der Waals surface area (Å²) >= 11 is 0. The first kappa shape index (κ1) is 16.9. The first-order valence-electron chi connectivity index (χ1n) is 8.81. The molecule has 1 aromatic heterocycles. The second kappa shape index (κ2) is 7.00. The lowest BCUT2D eigenvalue weighted by Crippen LogP contribution is -1.95. The summed E-state index contributed by atoms with van der Waals surface area (Å²) in [5.41, 5.74) is 13.0. The number of methoxy groups -OCH3 is 1. The molecule has 4 heteroatoms. The summed E-state index contributed by atoms with van der Waals surface area (Å²) in [4.78, 5) is 4.83. The van der Waals surface area contributed by atoms with E-state index in [1.807, 2.05) is 48.5 Å². The lowest BCUT2D eigenvalue weighted by Gasteiger charge is -2.11. The summed E-state index contributed by atoms with van der Waals surface area (Å²) < 4.78 is 5.20. The van der Waals surface area contributed by atoms with Gasteiger partial charge in [-0.3, -0.25) is 0 Å². The summed E-state index contributed by atoms with van der Waals surface area (Å²) in [6.45, 7) is 2.07. The van der Waals surface area contributed by atoms with Crippen LogP contribution >= 0.6 is 0 Å². The Balaban J connectivity index is 1.70. The minimum absolute atomic E-state index is 0.728. The number of aryl methyl sites for hydroxylation is 1. The third-order valence-corrected chi connectivity index (χ3v) is 4.57. The first-order valence-corrected chi connectivity index (χ1v) is 8.81. The number of nitrogens with one attached hydrogen (secondary N) is 1. The van der Waals surface area contributed by atoms with Crippen molar-refractivity contribution in [3.8, 4) is 17.0 Å². The van der Waals surface area contributed by atoms with E-state index in [9.17, 15) is 0 Å². The SMILES string of the molecule is COc1ccc(Nc2ccc3c(N)cc(-c4ccc(C)cc4)nc3c2)cc1. The lowest BCUT2D eigenvalue weighted by molar-refractivity contribution is 0.415. The van der Waals surface area contributed by atoms with Crippen molar-refractivity contribution >= 4 is 28.0 Å². The number of aromatic nitrogens is 1. The van der Waals surface area contributed by atoms with Gasteiger partial charge in [-0.2, -0.15) is 0 Å². The average molecular weight is 355 g/mol. The fourth-order valence-corrected chi connectivity index (χ4v) is 3.05. The Morgan fingerprint density at radius 1 is 0.852 bits per heavy atom. The maximum atomic E-state index is 6.28. The first-order chi connectivity index (χ1) is 13.1. The van der Waals surface area contributed by atoms with Gasteiger partial charge in [0.05, 0.1) is 18.3 Å². The number of anilines is 3. The third-order valence-electron chi connectivity index (χ3n) is 4.57. The van der Waals surface area contributed by atoms with E-state index in [1.54, 1.807) is 7.11 Å². The lowest BCUT2D eigenvalue weighted by atomic mass is 10.1. The van der Waals surface area contributed by atoms with Crippen LogP contribution in [0.3, 0.4) is 0 Å². The molecule has 0 atom stereocenters. The number of benzene rings is 3. The Hall–Kier alpha value is -3.53. The summed E-state index contributed by atoms with van der Waals surface area (Å²) in [5.74, 6) is 0.830. The minimum atomic E-state index is 0.728. The van der Waals surface area contributed by atoms with E-state index < -0.39 is 0 Å². The van der Waals surface area contributed by atoms with Gasteiger partial charge in [-0.1, -0.05) is 29.8 Å². The molecule has 3 N–H and O–H groups in total. The summed E-state index contributed by atoms with van der Waals surface area (Å²) in [7, 11) is 1.66. The molecule has 0 aliphatic rings. The number of pyridine rings is 1. The van der Waals surface area contributed by atoms with Crippen LogP contribution in [0.1, 0.15) is 5.56 Å². The molecule has 1 heterocycles. The third kappa shape index (κ3) is 3.55. The molecule has 0 spiro atoms. The zero-order valence-corrected chi connectivity index (χ0v) is 15.4. The van der Waals surface area contributed by atoms with Gasteiger partial charge < -0.3 is 15.8 Å². The normalized spacial score (nSPS) is 10.7. The molecule has 3 aromatic carbocycles. The van der Waals surface area contributed by atoms with Gasteiger partial charge in [-0.25, -0.2) is 4.98 Å². The number of hydrogen-bond donors (Lipinski definition) is 2. The average Bonchev–Trinajstić information content (AvgIpc) is 2.69. The Bertz CT molecular complexity index is 1090. The fraction of sp³-hybridized carbons (Fsp3) is 0.0870. The summed E-state index contributed by atoms with van der Waals surface area (Å²) in [6, 6.07) is 24.1. The Morgan fingerprint density at radius 3 is 2.26 bits per heavy atom. The summed E-state index contributed by atoms with van der Waals surface area (Å²) in [6.07, 6.45) is 0. The highest BCUT2D eigenvalue weighted by molar-refractivity contribution is 5.94. The van der Waals surface area contributed by atoms with Crippen molar-refractivity contribution in [3.05, 3.63) is 78.4 Å². The number of nitrogens with zero attached hydrogens (tertiary/aromatic N) is 1. The van der Waals surface area contributed by atoms with Crippen LogP contribution in [0.2, 0.25) is 0 Å². The van der Waals surface area contributed by atoms with Crippen molar-refractivity contribution in [1.29, 1.82) is 0 Å². The quantitative estimate of drug-likeness (QED) is 0.504. The highest BCUT2D eigenvalue weighted by Crippen LogP contribution is 2.29. The Morgan fingerprint density at radius 2 is 1.56 bits per heavy atom. The van der Waals surface area contributed by atoms with Gasteiger partial charge >= 0.3 is 0 Å². The second-order valence-electron chi connectivity index (χ2n) is 6.55. The summed E-state index contributed by atoms with van der Waals surface area (Å²) in [5, 5.41) is 4.35. The number of nitrogen functional groups attached to an aromatic ring is 1. The predicted molar refractivity (Wildman–Crippen MR) is 113 cm³/mol. The molecule has 4 rings (SSSR count). The van der Waals surface area contributed by atoms with E-state index in [0.29, 0.717) is 0 Å². The van der Waals surface area contributed by atoms with E-state index in [1.165, 1.54) is 5.56 Å². The molecular weight excluding hydrogens is 334 g/mol. The maximum absolute atomic E-state index is 6.28. The smallest absolute Gasteiger partial charge is 0.119 e. The molecule has 0 amide bonds. The van der Waals surface area contributed by atoms with Crippen molar-refractivity contribution in [2.24, 2.45) is 0 Å². The van der Waals surface area contributed by atoms with Gasteiger partial charge in [-0.15, -0.1) is 0 Å². The van der Waals surface area contributed by atoms with Crippen molar-refractivity contribution in [2.75, 3.05) is 18.2 Å². The van der Waals surface area contributed by atoms with Gasteiger partial charge in [0.15, 0.2) is 0 Å². The van der Waals surface area contributed by atoms with Crippen LogP contribution in [0.15, 0.2) is 72.8 Å². The zero-order chi connectivity index (χ0) is 18.8. The zero-order valence-electron chi connectivity index (χ0n) is 15.4. The highest BCUT2D eigenvalue weighted by Gasteiger charge is 2.07. The Labute approximate surface area is 158 Å². The molecule has 4 nitrogen and oxygen atoms in total. The van der Waals surface area contributed by atoms with Crippen LogP contribution in [0, 0.1) is 6.92 Å². The predicted octanol–water partition coefficient (Wildman–Crippen LogP) is 5.54. The molecule has 0 fully saturated rings. The van der Waals surface area contributed by atoms with Gasteiger partial charge in [0, 0.05) is 28.0 Å². The van der Waals surface area contributed by atoms with Crippen LogP contribution in [-0.4, -0.2) is 12.1 Å². The van der Waals surface area contributed by atoms with Crippen LogP contribution in [-0.2, 0) is 0 Å². The van der Waals surface area contributed by atoms with Crippen LogP contribution in [0.4, 0.5) is 17.1 Å². The minimum Gasteiger partial charge on any atom is -0.497 e. The van der Waals surface area contributed by atoms with E-state index in [4.69, 9.17) is 15.5 Å². The van der Waals surface area contributed by atoms with Crippen molar-refractivity contribution < 1.29 is 4.74 Å². The molecule has 134 valence electrons. The number of hydrogen-bond acceptors (Lipinski definition) is 4. The van der Waals surface area contributed by atoms with Crippen LogP contribution in [0.5, 0.6) is 5.75 Å². The van der Waals surface area contributed by atoms with E-state index >= 15 is 0 Å². The molecule has 0 aliphatic heterocycles. The number of fused-ring (bicyclic) bond motifs is 1. The molecule has 0 aliphatic carbocycles. The van der Waals surface area contributed by atoms with Crippen molar-refractivity contribution in [2.45, 2.75) is 6.92 Å². The molecule has 0 saturated heterocycles. The number of rotatable bonds is 4. The van der Waals surface area contributed by atoms with E-state index in [2.05, 4.69) is 36.5 Å². The monoisotopic (exact) mass is 355 g/mol. The van der Waals surface area contributed by atoms with Crippen molar-refractivity contribution in [1.82, 2.24) is 4.98 Å². The van der Waals surface area contributed by atoms with Crippen LogP contribution in [0.25, 0.3) is 22.2 Å². The highest BCUT2D eigenvalue weighted by atomic mass is 16.5. The molecule has 0 radical (unpaired) electrons. The molecule has 27 heavy (non-hydrogen) atoms. The molecule has 0 saturated carbocycles. The largest absolute Gasteiger partial charge is 0.497 e. The molecular formula is C23H21N3O. The number of ether oxygens (including phenoxy) is 1. The van der Waals surface area contributed by atoms with Gasteiger partial charge in [-0.05, 0) is 55.5 Å². The van der Waals surface area contributed by atoms with Crippen LogP contribution < -0.4 is 15.8 Å². The van der Waals surface area contributed by atoms with Gasteiger partial charge in [0.1, 0.15) is 5.75 Å². The number of nitrogens with two attached hydrogens (primary N) is 1.